The molecule has 0 saturated carbocycles. The number of hydrazone groups is 1. The van der Waals surface area contributed by atoms with Crippen LogP contribution in [-0.2, 0) is 11.0 Å². The Morgan fingerprint density at radius 1 is 1.17 bits per heavy atom. The van der Waals surface area contributed by atoms with Gasteiger partial charge in [-0.3, -0.25) is 9.59 Å². The molecule has 3 aromatic rings. The van der Waals surface area contributed by atoms with E-state index in [1.165, 1.54) is 6.21 Å². The van der Waals surface area contributed by atoms with Gasteiger partial charge in [0.25, 0.3) is 11.8 Å². The standard InChI is InChI=1S/C19H14ClF3N4O2/c20-14-6-11(5-13(7-14)19(21,22)23)18(29)25-10-17(28)27-26-9-12-8-24-16-4-2-1-3-15(12)16/h1-9,24H,10H2,(H,25,29)(H,27,28). The molecule has 0 bridgehead atoms. The second-order valence-corrected chi connectivity index (χ2v) is 6.43. The number of para-hydroxylation sites is 1. The number of carbonyl (C=O) groups is 2. The number of halogens is 4. The number of aromatic nitrogens is 1. The number of H-pyrrole nitrogens is 1. The molecule has 0 aliphatic carbocycles. The molecule has 3 N–H and O–H groups in total. The minimum absolute atomic E-state index is 0.238. The van der Waals surface area contributed by atoms with Crippen LogP contribution >= 0.6 is 11.6 Å². The Hall–Kier alpha value is -3.33. The van der Waals surface area contributed by atoms with Gasteiger partial charge in [-0.1, -0.05) is 29.8 Å². The molecule has 0 radical (unpaired) electrons. The summed E-state index contributed by atoms with van der Waals surface area (Å²) in [6.07, 6.45) is -1.49. The number of rotatable bonds is 5. The molecule has 2 amide bonds. The van der Waals surface area contributed by atoms with Crippen molar-refractivity contribution in [3.05, 3.63) is 70.4 Å². The van der Waals surface area contributed by atoms with Crippen molar-refractivity contribution >= 4 is 40.5 Å². The number of aromatic amines is 1. The van der Waals surface area contributed by atoms with Crippen LogP contribution in [0.4, 0.5) is 13.2 Å². The Kier molecular flexibility index (Phi) is 5.88. The number of hydrogen-bond donors (Lipinski definition) is 3. The Morgan fingerprint density at radius 3 is 2.69 bits per heavy atom. The normalized spacial score (nSPS) is 11.7. The fourth-order valence-corrected chi connectivity index (χ4v) is 2.80. The van der Waals surface area contributed by atoms with Crippen molar-refractivity contribution in [3.63, 3.8) is 0 Å². The highest BCUT2D eigenvalue weighted by molar-refractivity contribution is 6.31. The van der Waals surface area contributed by atoms with E-state index in [2.05, 4.69) is 20.8 Å². The van der Waals surface area contributed by atoms with Crippen molar-refractivity contribution in [2.75, 3.05) is 6.54 Å². The maximum absolute atomic E-state index is 12.8. The number of nitrogens with one attached hydrogen (secondary N) is 3. The molecular formula is C19H14ClF3N4O2. The molecular weight excluding hydrogens is 409 g/mol. The van der Waals surface area contributed by atoms with Crippen LogP contribution in [0, 0.1) is 0 Å². The van der Waals surface area contributed by atoms with Crippen LogP contribution in [0.3, 0.4) is 0 Å². The molecule has 10 heteroatoms. The second-order valence-electron chi connectivity index (χ2n) is 5.99. The lowest BCUT2D eigenvalue weighted by Gasteiger charge is -2.10. The SMILES string of the molecule is O=C(CNC(=O)c1cc(Cl)cc(C(F)(F)F)c1)NN=Cc1c[nH]c2ccccc12. The van der Waals surface area contributed by atoms with E-state index in [4.69, 9.17) is 11.6 Å². The van der Waals surface area contributed by atoms with Gasteiger partial charge >= 0.3 is 6.18 Å². The highest BCUT2D eigenvalue weighted by atomic mass is 35.5. The second kappa shape index (κ2) is 8.36. The summed E-state index contributed by atoms with van der Waals surface area (Å²) in [5, 5.41) is 6.71. The average molecular weight is 423 g/mol. The van der Waals surface area contributed by atoms with Gasteiger partial charge in [-0.15, -0.1) is 0 Å². The lowest BCUT2D eigenvalue weighted by atomic mass is 10.1. The van der Waals surface area contributed by atoms with Crippen molar-refractivity contribution in [2.24, 2.45) is 5.10 Å². The fourth-order valence-electron chi connectivity index (χ4n) is 2.56. The third kappa shape index (κ3) is 5.14. The third-order valence-corrected chi connectivity index (χ3v) is 4.13. The monoisotopic (exact) mass is 422 g/mol. The first-order valence-corrected chi connectivity index (χ1v) is 8.66. The molecule has 3 rings (SSSR count). The maximum atomic E-state index is 12.8. The number of carbonyl (C=O) groups excluding carboxylic acids is 2. The van der Waals surface area contributed by atoms with Gasteiger partial charge in [0.2, 0.25) is 0 Å². The Morgan fingerprint density at radius 2 is 1.93 bits per heavy atom. The lowest BCUT2D eigenvalue weighted by molar-refractivity contribution is -0.137. The summed E-state index contributed by atoms with van der Waals surface area (Å²) < 4.78 is 38.4. The maximum Gasteiger partial charge on any atom is 0.416 e. The molecule has 1 aromatic heterocycles. The Labute approximate surface area is 167 Å². The van der Waals surface area contributed by atoms with E-state index in [-0.39, 0.29) is 10.6 Å². The number of alkyl halides is 3. The van der Waals surface area contributed by atoms with E-state index in [0.29, 0.717) is 12.1 Å². The molecule has 1 heterocycles. The van der Waals surface area contributed by atoms with Crippen LogP contribution in [-0.4, -0.2) is 29.6 Å². The van der Waals surface area contributed by atoms with Gasteiger partial charge in [-0.05, 0) is 24.3 Å². The van der Waals surface area contributed by atoms with Crippen LogP contribution in [0.1, 0.15) is 21.5 Å². The van der Waals surface area contributed by atoms with Gasteiger partial charge < -0.3 is 10.3 Å². The van der Waals surface area contributed by atoms with Gasteiger partial charge in [0.1, 0.15) is 0 Å². The molecule has 0 aliphatic heterocycles. The van der Waals surface area contributed by atoms with E-state index in [0.717, 1.165) is 22.5 Å². The van der Waals surface area contributed by atoms with E-state index >= 15 is 0 Å². The summed E-state index contributed by atoms with van der Waals surface area (Å²) in [4.78, 5) is 26.9. The van der Waals surface area contributed by atoms with Crippen molar-refractivity contribution in [1.29, 1.82) is 0 Å². The minimum atomic E-state index is -4.64. The van der Waals surface area contributed by atoms with E-state index in [1.54, 1.807) is 6.20 Å². The largest absolute Gasteiger partial charge is 0.416 e. The minimum Gasteiger partial charge on any atom is -0.361 e. The average Bonchev–Trinajstić information content (AvgIpc) is 3.08. The summed E-state index contributed by atoms with van der Waals surface area (Å²) in [6, 6.07) is 9.97. The highest BCUT2D eigenvalue weighted by Crippen LogP contribution is 2.31. The van der Waals surface area contributed by atoms with Gasteiger partial charge in [-0.25, -0.2) is 5.43 Å². The fraction of sp³-hybridized carbons (Fsp3) is 0.105. The van der Waals surface area contributed by atoms with Gasteiger partial charge in [0.15, 0.2) is 0 Å². The molecule has 6 nitrogen and oxygen atoms in total. The first-order valence-electron chi connectivity index (χ1n) is 8.28. The summed E-state index contributed by atoms with van der Waals surface area (Å²) in [7, 11) is 0. The quantitative estimate of drug-likeness (QED) is 0.432. The molecule has 0 unspecified atom stereocenters. The number of benzene rings is 2. The van der Waals surface area contributed by atoms with E-state index in [9.17, 15) is 22.8 Å². The number of hydrogen-bond acceptors (Lipinski definition) is 3. The summed E-state index contributed by atoms with van der Waals surface area (Å²) in [5.74, 6) is -1.51. The lowest BCUT2D eigenvalue weighted by Crippen LogP contribution is -2.35. The molecule has 0 fully saturated rings. The summed E-state index contributed by atoms with van der Waals surface area (Å²) >= 11 is 5.64. The van der Waals surface area contributed by atoms with Crippen LogP contribution in [0.25, 0.3) is 10.9 Å². The van der Waals surface area contributed by atoms with Gasteiger partial charge in [-0.2, -0.15) is 18.3 Å². The zero-order valence-corrected chi connectivity index (χ0v) is 15.4. The Balaban J connectivity index is 1.57. The van der Waals surface area contributed by atoms with Crippen LogP contribution in [0.2, 0.25) is 5.02 Å². The molecule has 0 atom stereocenters. The summed E-state index contributed by atoms with van der Waals surface area (Å²) in [6.45, 7) is -0.474. The van der Waals surface area contributed by atoms with Crippen LogP contribution in [0.5, 0.6) is 0 Å². The Bertz CT molecular complexity index is 1090. The zero-order valence-electron chi connectivity index (χ0n) is 14.7. The predicted octanol–water partition coefficient (Wildman–Crippen LogP) is 3.72. The molecule has 150 valence electrons. The molecule has 0 saturated heterocycles. The topological polar surface area (TPSA) is 86.3 Å². The van der Waals surface area contributed by atoms with E-state index in [1.807, 2.05) is 24.3 Å². The molecule has 2 aromatic carbocycles. The van der Waals surface area contributed by atoms with Crippen LogP contribution in [0.15, 0.2) is 53.8 Å². The molecule has 0 spiro atoms. The van der Waals surface area contributed by atoms with Crippen LogP contribution < -0.4 is 10.7 Å². The van der Waals surface area contributed by atoms with Crippen molar-refractivity contribution < 1.29 is 22.8 Å². The first-order chi connectivity index (χ1) is 13.7. The van der Waals surface area contributed by atoms with E-state index < -0.39 is 30.1 Å². The van der Waals surface area contributed by atoms with Crippen molar-refractivity contribution in [1.82, 2.24) is 15.7 Å². The predicted molar refractivity (Wildman–Crippen MR) is 103 cm³/mol. The highest BCUT2D eigenvalue weighted by Gasteiger charge is 2.31. The number of nitrogens with zero attached hydrogens (tertiary/aromatic N) is 1. The first kappa shape index (κ1) is 20.4. The van der Waals surface area contributed by atoms with Gasteiger partial charge in [0, 0.05) is 33.2 Å². The molecule has 29 heavy (non-hydrogen) atoms. The number of amides is 2. The van der Waals surface area contributed by atoms with Crippen molar-refractivity contribution in [2.45, 2.75) is 6.18 Å². The zero-order chi connectivity index (χ0) is 21.0. The number of fused-ring (bicyclic) bond motifs is 1. The third-order valence-electron chi connectivity index (χ3n) is 3.91. The molecule has 0 aliphatic rings. The van der Waals surface area contributed by atoms with Crippen molar-refractivity contribution in [3.8, 4) is 0 Å². The smallest absolute Gasteiger partial charge is 0.361 e. The summed E-state index contributed by atoms with van der Waals surface area (Å²) in [5.41, 5.74) is 2.54. The van der Waals surface area contributed by atoms with Gasteiger partial charge in [0.05, 0.1) is 18.3 Å².